The summed E-state index contributed by atoms with van der Waals surface area (Å²) in [5.41, 5.74) is 12.7. The van der Waals surface area contributed by atoms with Crippen molar-refractivity contribution in [2.45, 2.75) is 39.5 Å². The van der Waals surface area contributed by atoms with Crippen LogP contribution < -0.4 is 0 Å². The third-order valence-electron chi connectivity index (χ3n) is 8.49. The predicted molar refractivity (Wildman–Crippen MR) is 179 cm³/mol. The molecule has 2 heterocycles. The number of hydrogen-bond acceptors (Lipinski definition) is 0. The Balaban J connectivity index is 1.45. The summed E-state index contributed by atoms with van der Waals surface area (Å²) in [4.78, 5) is 0. The Labute approximate surface area is 248 Å². The zero-order valence-electron chi connectivity index (χ0n) is 24.8. The van der Waals surface area contributed by atoms with Crippen molar-refractivity contribution >= 4 is 21.8 Å². The maximum Gasteiger partial charge on any atom is 0.0541 e. The minimum Gasteiger partial charge on any atom is -0.316 e. The topological polar surface area (TPSA) is 9.86 Å². The van der Waals surface area contributed by atoms with E-state index in [1.54, 1.807) is 0 Å². The molecule has 0 unspecified atom stereocenters. The molecule has 7 aromatic rings. The van der Waals surface area contributed by atoms with Gasteiger partial charge in [-0.2, -0.15) is 0 Å². The Morgan fingerprint density at radius 3 is 1.79 bits per heavy atom. The number of fused-ring (bicyclic) bond motifs is 3. The molecule has 5 aromatic carbocycles. The first-order valence-electron chi connectivity index (χ1n) is 15.0. The van der Waals surface area contributed by atoms with Crippen molar-refractivity contribution in [2.24, 2.45) is 0 Å². The van der Waals surface area contributed by atoms with Crippen molar-refractivity contribution in [2.75, 3.05) is 0 Å². The molecule has 206 valence electrons. The summed E-state index contributed by atoms with van der Waals surface area (Å²) in [6.45, 7) is 9.26. The number of benzene rings is 5. The van der Waals surface area contributed by atoms with Crippen LogP contribution >= 0.6 is 0 Å². The Bertz CT molecular complexity index is 1990. The third kappa shape index (κ3) is 4.35. The number of aromatic nitrogens is 2. The van der Waals surface area contributed by atoms with Gasteiger partial charge in [-0.15, -0.1) is 0 Å². The number of nitrogens with zero attached hydrogens (tertiary/aromatic N) is 2. The molecule has 2 aromatic heterocycles. The zero-order chi connectivity index (χ0) is 28.8. The molecule has 2 nitrogen and oxygen atoms in total. The second kappa shape index (κ2) is 10.5. The van der Waals surface area contributed by atoms with E-state index in [4.69, 9.17) is 0 Å². The number of para-hydroxylation sites is 2. The Hall–Kier alpha value is -4.82. The van der Waals surface area contributed by atoms with E-state index in [-0.39, 0.29) is 0 Å². The first kappa shape index (κ1) is 26.1. The van der Waals surface area contributed by atoms with Gasteiger partial charge in [0.05, 0.1) is 22.4 Å². The fraction of sp³-hybridized carbons (Fsp3) is 0.150. The summed E-state index contributed by atoms with van der Waals surface area (Å²) in [5, 5.41) is 2.56. The fourth-order valence-corrected chi connectivity index (χ4v) is 6.43. The van der Waals surface area contributed by atoms with Crippen molar-refractivity contribution < 1.29 is 0 Å². The molecule has 0 spiro atoms. The smallest absolute Gasteiger partial charge is 0.0541 e. The van der Waals surface area contributed by atoms with Gasteiger partial charge in [-0.05, 0) is 94.3 Å². The Morgan fingerprint density at radius 1 is 0.476 bits per heavy atom. The van der Waals surface area contributed by atoms with Crippen LogP contribution in [0.1, 0.15) is 50.7 Å². The number of hydrogen-bond donors (Lipinski definition) is 0. The van der Waals surface area contributed by atoms with Gasteiger partial charge in [0, 0.05) is 22.7 Å². The normalized spacial score (nSPS) is 11.8. The monoisotopic (exact) mass is 544 g/mol. The van der Waals surface area contributed by atoms with E-state index in [9.17, 15) is 0 Å². The summed E-state index contributed by atoms with van der Waals surface area (Å²) in [5.74, 6) is 0.736. The van der Waals surface area contributed by atoms with Crippen LogP contribution in [-0.2, 0) is 0 Å². The molecule has 0 bridgehead atoms. The predicted octanol–water partition coefficient (Wildman–Crippen LogP) is 11.2. The average molecular weight is 545 g/mol. The molecule has 7 rings (SSSR count). The summed E-state index contributed by atoms with van der Waals surface area (Å²) in [7, 11) is 0. The number of rotatable bonds is 6. The molecule has 0 saturated heterocycles. The Kier molecular flexibility index (Phi) is 6.55. The van der Waals surface area contributed by atoms with Gasteiger partial charge in [-0.25, -0.2) is 0 Å². The van der Waals surface area contributed by atoms with E-state index >= 15 is 0 Å². The summed E-state index contributed by atoms with van der Waals surface area (Å²) in [6, 6.07) is 46.4. The minimum absolute atomic E-state index is 0.368. The lowest BCUT2D eigenvalue weighted by molar-refractivity contribution is 0.808. The molecule has 0 N–H and O–H groups in total. The second-order valence-corrected chi connectivity index (χ2v) is 11.9. The lowest BCUT2D eigenvalue weighted by Crippen LogP contribution is -2.08. The van der Waals surface area contributed by atoms with Crippen molar-refractivity contribution in [1.29, 1.82) is 0 Å². The van der Waals surface area contributed by atoms with Crippen molar-refractivity contribution in [1.82, 2.24) is 9.13 Å². The van der Waals surface area contributed by atoms with Crippen LogP contribution in [0.5, 0.6) is 0 Å². The van der Waals surface area contributed by atoms with Crippen LogP contribution in [0.4, 0.5) is 0 Å². The molecule has 0 amide bonds. The van der Waals surface area contributed by atoms with Gasteiger partial charge in [0.2, 0.25) is 0 Å². The molecule has 2 heteroatoms. The molecular formula is C40H36N2. The van der Waals surface area contributed by atoms with Crippen LogP contribution in [-0.4, -0.2) is 9.13 Å². The molecule has 0 saturated carbocycles. The second-order valence-electron chi connectivity index (χ2n) is 11.9. The maximum absolute atomic E-state index is 2.43. The van der Waals surface area contributed by atoms with Gasteiger partial charge in [-0.3, -0.25) is 0 Å². The standard InChI is InChI=1S/C40H36N2/c1-27(2)34-25-31(26-35(28(3)4)40(34)41-23-13-20-37(41)29-14-7-5-8-15-29)30-21-22-39-36(24-30)33-18-11-12-19-38(33)42(39)32-16-9-6-10-17-32/h5-28H,1-4H3. The highest BCUT2D eigenvalue weighted by atomic mass is 15.0. The lowest BCUT2D eigenvalue weighted by atomic mass is 9.88. The van der Waals surface area contributed by atoms with E-state index in [2.05, 4.69) is 170 Å². The van der Waals surface area contributed by atoms with E-state index in [1.807, 2.05) is 0 Å². The quantitative estimate of drug-likeness (QED) is 0.197. The third-order valence-corrected chi connectivity index (χ3v) is 8.49. The first-order chi connectivity index (χ1) is 20.5. The van der Waals surface area contributed by atoms with Gasteiger partial charge >= 0.3 is 0 Å². The molecular weight excluding hydrogens is 508 g/mol. The highest BCUT2D eigenvalue weighted by molar-refractivity contribution is 6.10. The molecule has 0 atom stereocenters. The van der Waals surface area contributed by atoms with Crippen LogP contribution in [0.2, 0.25) is 0 Å². The van der Waals surface area contributed by atoms with Crippen molar-refractivity contribution in [3.8, 4) is 33.8 Å². The highest BCUT2D eigenvalue weighted by Crippen LogP contribution is 2.40. The highest BCUT2D eigenvalue weighted by Gasteiger charge is 2.21. The van der Waals surface area contributed by atoms with E-state index < -0.39 is 0 Å². The molecule has 42 heavy (non-hydrogen) atoms. The van der Waals surface area contributed by atoms with Gasteiger partial charge in [0.1, 0.15) is 0 Å². The molecule has 0 aliphatic rings. The maximum atomic E-state index is 2.43. The van der Waals surface area contributed by atoms with Gasteiger partial charge in [-0.1, -0.05) is 100 Å². The largest absolute Gasteiger partial charge is 0.316 e. The summed E-state index contributed by atoms with van der Waals surface area (Å²) >= 11 is 0. The SMILES string of the molecule is CC(C)c1cc(-c2ccc3c(c2)c2ccccc2n3-c2ccccc2)cc(C(C)C)c1-n1cccc1-c1ccccc1. The molecule has 0 aliphatic carbocycles. The van der Waals surface area contributed by atoms with Gasteiger partial charge in [0.25, 0.3) is 0 Å². The molecule has 0 radical (unpaired) electrons. The van der Waals surface area contributed by atoms with E-state index in [0.717, 1.165) is 0 Å². The zero-order valence-corrected chi connectivity index (χ0v) is 24.8. The molecule has 0 aliphatic heterocycles. The van der Waals surface area contributed by atoms with Crippen LogP contribution in [0.3, 0.4) is 0 Å². The van der Waals surface area contributed by atoms with E-state index in [0.29, 0.717) is 11.8 Å². The first-order valence-corrected chi connectivity index (χ1v) is 15.0. The van der Waals surface area contributed by atoms with Gasteiger partial charge < -0.3 is 9.13 Å². The van der Waals surface area contributed by atoms with Gasteiger partial charge in [0.15, 0.2) is 0 Å². The van der Waals surface area contributed by atoms with E-state index in [1.165, 1.54) is 66.7 Å². The summed E-state index contributed by atoms with van der Waals surface area (Å²) in [6.07, 6.45) is 2.22. The Morgan fingerprint density at radius 2 is 1.10 bits per heavy atom. The average Bonchev–Trinajstić information content (AvgIpc) is 3.64. The van der Waals surface area contributed by atoms with Crippen molar-refractivity contribution in [3.05, 3.63) is 145 Å². The van der Waals surface area contributed by atoms with Crippen LogP contribution in [0.15, 0.2) is 134 Å². The summed E-state index contributed by atoms with van der Waals surface area (Å²) < 4.78 is 4.79. The minimum atomic E-state index is 0.368. The lowest BCUT2D eigenvalue weighted by Gasteiger charge is -2.24. The van der Waals surface area contributed by atoms with Crippen LogP contribution in [0.25, 0.3) is 55.6 Å². The fourth-order valence-electron chi connectivity index (χ4n) is 6.43. The molecule has 0 fully saturated rings. The van der Waals surface area contributed by atoms with Crippen LogP contribution in [0, 0.1) is 0 Å². The van der Waals surface area contributed by atoms with Crippen molar-refractivity contribution in [3.63, 3.8) is 0 Å².